The van der Waals surface area contributed by atoms with E-state index in [1.54, 1.807) is 0 Å². The predicted molar refractivity (Wildman–Crippen MR) is 118 cm³/mol. The van der Waals surface area contributed by atoms with E-state index >= 15 is 0 Å². The number of nitrogens with zero attached hydrogens (tertiary/aromatic N) is 3. The van der Waals surface area contributed by atoms with Crippen LogP contribution in [0.1, 0.15) is 52.0 Å². The molecule has 1 fully saturated rings. The third-order valence-electron chi connectivity index (χ3n) is 4.25. The van der Waals surface area contributed by atoms with Crippen LogP contribution in [0, 0.1) is 5.92 Å². The highest BCUT2D eigenvalue weighted by atomic mass is 127. The fraction of sp³-hybridized carbons (Fsp3) is 0.684. The Hall–Kier alpha value is -1.05. The number of anilines is 1. The summed E-state index contributed by atoms with van der Waals surface area (Å²) in [7, 11) is 0. The zero-order valence-corrected chi connectivity index (χ0v) is 18.3. The van der Waals surface area contributed by atoms with E-state index in [1.807, 2.05) is 6.20 Å². The molecule has 1 aromatic rings. The molecule has 1 saturated heterocycles. The van der Waals surface area contributed by atoms with Gasteiger partial charge in [0, 0.05) is 32.4 Å². The molecule has 0 saturated carbocycles. The van der Waals surface area contributed by atoms with Gasteiger partial charge in [0.15, 0.2) is 5.96 Å². The second-order valence-corrected chi connectivity index (χ2v) is 6.87. The Morgan fingerprint density at radius 2 is 2.04 bits per heavy atom. The third-order valence-corrected chi connectivity index (χ3v) is 4.25. The van der Waals surface area contributed by atoms with Crippen molar-refractivity contribution in [1.82, 2.24) is 15.6 Å². The van der Waals surface area contributed by atoms with Gasteiger partial charge in [0.2, 0.25) is 0 Å². The number of halogens is 1. The molecule has 2 heterocycles. The highest BCUT2D eigenvalue weighted by Gasteiger charge is 2.13. The molecule has 1 aliphatic heterocycles. The van der Waals surface area contributed by atoms with Gasteiger partial charge in [-0.15, -0.1) is 24.0 Å². The van der Waals surface area contributed by atoms with Crippen molar-refractivity contribution in [2.75, 3.05) is 31.1 Å². The van der Waals surface area contributed by atoms with E-state index in [9.17, 15) is 0 Å². The Morgan fingerprint density at radius 3 is 2.72 bits per heavy atom. The SMILES string of the molecule is CCNC(=NCc1ccnc(N2CCCC2)c1)NCCCC(C)C.I. The van der Waals surface area contributed by atoms with E-state index in [0.29, 0.717) is 6.54 Å². The molecule has 6 heteroatoms. The van der Waals surface area contributed by atoms with Gasteiger partial charge in [-0.2, -0.15) is 0 Å². The maximum absolute atomic E-state index is 4.72. The van der Waals surface area contributed by atoms with E-state index in [4.69, 9.17) is 4.99 Å². The van der Waals surface area contributed by atoms with Crippen LogP contribution in [0.2, 0.25) is 0 Å². The Kier molecular flexibility index (Phi) is 10.8. The molecule has 5 nitrogen and oxygen atoms in total. The summed E-state index contributed by atoms with van der Waals surface area (Å²) in [4.78, 5) is 11.6. The van der Waals surface area contributed by atoms with Crippen molar-refractivity contribution in [3.05, 3.63) is 23.9 Å². The molecule has 0 bridgehead atoms. The number of hydrogen-bond donors (Lipinski definition) is 2. The van der Waals surface area contributed by atoms with Gasteiger partial charge >= 0.3 is 0 Å². The van der Waals surface area contributed by atoms with Gasteiger partial charge in [-0.3, -0.25) is 0 Å². The van der Waals surface area contributed by atoms with Crippen LogP contribution in [0.5, 0.6) is 0 Å². The molecule has 0 radical (unpaired) electrons. The van der Waals surface area contributed by atoms with Gasteiger partial charge in [-0.05, 0) is 56.2 Å². The molecule has 1 aliphatic rings. The van der Waals surface area contributed by atoms with Crippen LogP contribution in [0.3, 0.4) is 0 Å². The smallest absolute Gasteiger partial charge is 0.191 e. The van der Waals surface area contributed by atoms with Crippen molar-refractivity contribution in [3.8, 4) is 0 Å². The topological polar surface area (TPSA) is 52.6 Å². The summed E-state index contributed by atoms with van der Waals surface area (Å²) >= 11 is 0. The summed E-state index contributed by atoms with van der Waals surface area (Å²) in [6, 6.07) is 4.24. The number of aromatic nitrogens is 1. The van der Waals surface area contributed by atoms with Crippen LogP contribution in [0.25, 0.3) is 0 Å². The van der Waals surface area contributed by atoms with E-state index in [2.05, 4.69) is 53.4 Å². The van der Waals surface area contributed by atoms with Crippen molar-refractivity contribution in [3.63, 3.8) is 0 Å². The van der Waals surface area contributed by atoms with Gasteiger partial charge in [-0.25, -0.2) is 9.98 Å². The minimum Gasteiger partial charge on any atom is -0.357 e. The zero-order chi connectivity index (χ0) is 17.2. The number of nitrogens with one attached hydrogen (secondary N) is 2. The summed E-state index contributed by atoms with van der Waals surface area (Å²) in [6.45, 7) is 11.4. The molecule has 0 aromatic carbocycles. The van der Waals surface area contributed by atoms with Crippen LogP contribution in [0.4, 0.5) is 5.82 Å². The van der Waals surface area contributed by atoms with Gasteiger partial charge in [0.25, 0.3) is 0 Å². The number of rotatable bonds is 8. The second kappa shape index (κ2) is 12.3. The molecule has 2 rings (SSSR count). The van der Waals surface area contributed by atoms with E-state index in [1.165, 1.54) is 31.2 Å². The lowest BCUT2D eigenvalue weighted by molar-refractivity contribution is 0.549. The lowest BCUT2D eigenvalue weighted by Gasteiger charge is -2.16. The fourth-order valence-electron chi connectivity index (χ4n) is 2.91. The van der Waals surface area contributed by atoms with Crippen molar-refractivity contribution >= 4 is 35.8 Å². The highest BCUT2D eigenvalue weighted by molar-refractivity contribution is 14.0. The average molecular weight is 459 g/mol. The molecule has 0 atom stereocenters. The summed E-state index contributed by atoms with van der Waals surface area (Å²) in [5, 5.41) is 6.75. The first-order valence-electron chi connectivity index (χ1n) is 9.41. The number of hydrogen-bond acceptors (Lipinski definition) is 3. The maximum Gasteiger partial charge on any atom is 0.191 e. The zero-order valence-electron chi connectivity index (χ0n) is 15.9. The van der Waals surface area contributed by atoms with Gasteiger partial charge in [0.05, 0.1) is 6.54 Å². The molecule has 0 spiro atoms. The minimum atomic E-state index is 0. The monoisotopic (exact) mass is 459 g/mol. The molecular formula is C19H34IN5. The van der Waals surface area contributed by atoms with Crippen molar-refractivity contribution in [1.29, 1.82) is 0 Å². The Bertz CT molecular complexity index is 512. The predicted octanol–water partition coefficient (Wildman–Crippen LogP) is 3.79. The lowest BCUT2D eigenvalue weighted by atomic mass is 10.1. The third kappa shape index (κ3) is 8.25. The quantitative estimate of drug-likeness (QED) is 0.269. The Morgan fingerprint density at radius 1 is 1.28 bits per heavy atom. The first-order chi connectivity index (χ1) is 11.7. The molecule has 25 heavy (non-hydrogen) atoms. The van der Waals surface area contributed by atoms with E-state index < -0.39 is 0 Å². The van der Waals surface area contributed by atoms with E-state index in [0.717, 1.165) is 43.9 Å². The van der Waals surface area contributed by atoms with Crippen LogP contribution < -0.4 is 15.5 Å². The van der Waals surface area contributed by atoms with Crippen LogP contribution in [-0.2, 0) is 6.54 Å². The summed E-state index contributed by atoms with van der Waals surface area (Å²) < 4.78 is 0. The van der Waals surface area contributed by atoms with Gasteiger partial charge in [-0.1, -0.05) is 13.8 Å². The molecule has 0 aliphatic carbocycles. The summed E-state index contributed by atoms with van der Waals surface area (Å²) in [5.41, 5.74) is 1.21. The van der Waals surface area contributed by atoms with Crippen LogP contribution in [-0.4, -0.2) is 37.1 Å². The molecule has 0 unspecified atom stereocenters. The van der Waals surface area contributed by atoms with Crippen LogP contribution in [0.15, 0.2) is 23.3 Å². The highest BCUT2D eigenvalue weighted by Crippen LogP contribution is 2.18. The van der Waals surface area contributed by atoms with Crippen molar-refractivity contribution < 1.29 is 0 Å². The summed E-state index contributed by atoms with van der Waals surface area (Å²) in [6.07, 6.45) is 6.87. The van der Waals surface area contributed by atoms with Crippen LogP contribution >= 0.6 is 24.0 Å². The largest absolute Gasteiger partial charge is 0.357 e. The first-order valence-corrected chi connectivity index (χ1v) is 9.41. The molecule has 142 valence electrons. The number of guanidine groups is 1. The maximum atomic E-state index is 4.72. The molecule has 2 N–H and O–H groups in total. The Labute approximate surface area is 170 Å². The fourth-order valence-corrected chi connectivity index (χ4v) is 2.91. The average Bonchev–Trinajstić information content (AvgIpc) is 3.11. The molecule has 1 aromatic heterocycles. The van der Waals surface area contributed by atoms with E-state index in [-0.39, 0.29) is 24.0 Å². The number of pyridine rings is 1. The second-order valence-electron chi connectivity index (χ2n) is 6.87. The van der Waals surface area contributed by atoms with Gasteiger partial charge < -0.3 is 15.5 Å². The minimum absolute atomic E-state index is 0. The van der Waals surface area contributed by atoms with Gasteiger partial charge in [0.1, 0.15) is 5.82 Å². The normalized spacial score (nSPS) is 14.6. The number of aliphatic imine (C=N–C) groups is 1. The molecule has 0 amide bonds. The lowest BCUT2D eigenvalue weighted by Crippen LogP contribution is -2.37. The molecular weight excluding hydrogens is 425 g/mol. The summed E-state index contributed by atoms with van der Waals surface area (Å²) in [5.74, 6) is 2.75. The van der Waals surface area contributed by atoms with Crippen molar-refractivity contribution in [2.45, 2.75) is 53.0 Å². The Balaban J connectivity index is 0.00000312. The standard InChI is InChI=1S/C19H33N5.HI/c1-4-20-19(22-10-7-8-16(2)3)23-15-17-9-11-21-18(14-17)24-12-5-6-13-24;/h9,11,14,16H,4-8,10,12-13,15H2,1-3H3,(H2,20,22,23);1H. The van der Waals surface area contributed by atoms with Crippen molar-refractivity contribution in [2.24, 2.45) is 10.9 Å². The first kappa shape index (κ1) is 22.0.